The summed E-state index contributed by atoms with van der Waals surface area (Å²) < 4.78 is 19.8. The Kier molecular flexibility index (Phi) is 2.79. The summed E-state index contributed by atoms with van der Waals surface area (Å²) in [5, 5.41) is 8.82. The standard InChI is InChI=1S/C9H11FN2O3/c10-7-4-6(5-13)15-8(7)12-3-1-2-11-9(12)14/h1-3,6-8,13H,4-5H2. The smallest absolute Gasteiger partial charge is 0.349 e. The van der Waals surface area contributed by atoms with Gasteiger partial charge in [-0.15, -0.1) is 0 Å². The Labute approximate surface area is 85.1 Å². The fourth-order valence-corrected chi connectivity index (χ4v) is 1.63. The SMILES string of the molecule is O=c1ncccn1C1OC(CO)CC1F. The van der Waals surface area contributed by atoms with Gasteiger partial charge < -0.3 is 9.84 Å². The lowest BCUT2D eigenvalue weighted by Crippen LogP contribution is -2.29. The third-order valence-corrected chi connectivity index (χ3v) is 2.35. The molecule has 0 aliphatic carbocycles. The van der Waals surface area contributed by atoms with Crippen LogP contribution in [-0.2, 0) is 4.74 Å². The molecule has 6 heteroatoms. The van der Waals surface area contributed by atoms with Crippen LogP contribution in [0.15, 0.2) is 23.3 Å². The number of aromatic nitrogens is 2. The van der Waals surface area contributed by atoms with Crippen LogP contribution in [0.3, 0.4) is 0 Å². The third-order valence-electron chi connectivity index (χ3n) is 2.35. The van der Waals surface area contributed by atoms with E-state index in [0.29, 0.717) is 0 Å². The highest BCUT2D eigenvalue weighted by Crippen LogP contribution is 2.29. The summed E-state index contributed by atoms with van der Waals surface area (Å²) in [7, 11) is 0. The molecule has 0 bridgehead atoms. The van der Waals surface area contributed by atoms with Gasteiger partial charge in [-0.1, -0.05) is 0 Å². The molecule has 1 saturated heterocycles. The van der Waals surface area contributed by atoms with Gasteiger partial charge in [0.05, 0.1) is 12.7 Å². The van der Waals surface area contributed by atoms with Crippen molar-refractivity contribution in [1.29, 1.82) is 0 Å². The van der Waals surface area contributed by atoms with Gasteiger partial charge in [-0.2, -0.15) is 0 Å². The van der Waals surface area contributed by atoms with Gasteiger partial charge in [0.15, 0.2) is 6.23 Å². The molecule has 0 saturated carbocycles. The Balaban J connectivity index is 2.25. The molecule has 2 rings (SSSR count). The first-order chi connectivity index (χ1) is 7.22. The van der Waals surface area contributed by atoms with Crippen molar-refractivity contribution < 1.29 is 14.2 Å². The van der Waals surface area contributed by atoms with E-state index in [1.165, 1.54) is 18.5 Å². The number of rotatable bonds is 2. The van der Waals surface area contributed by atoms with E-state index in [-0.39, 0.29) is 13.0 Å². The predicted molar refractivity (Wildman–Crippen MR) is 49.0 cm³/mol. The summed E-state index contributed by atoms with van der Waals surface area (Å²) >= 11 is 0. The fourth-order valence-electron chi connectivity index (χ4n) is 1.63. The van der Waals surface area contributed by atoms with Gasteiger partial charge in [-0.3, -0.25) is 4.57 Å². The molecule has 1 fully saturated rings. The van der Waals surface area contributed by atoms with Crippen molar-refractivity contribution in [1.82, 2.24) is 9.55 Å². The van der Waals surface area contributed by atoms with E-state index in [9.17, 15) is 9.18 Å². The molecule has 15 heavy (non-hydrogen) atoms. The molecule has 1 aliphatic rings. The molecule has 2 heterocycles. The quantitative estimate of drug-likeness (QED) is 0.744. The predicted octanol–water partition coefficient (Wildman–Crippen LogP) is -0.139. The second kappa shape index (κ2) is 4.08. The molecule has 0 amide bonds. The molecule has 0 radical (unpaired) electrons. The van der Waals surface area contributed by atoms with Gasteiger partial charge in [0.2, 0.25) is 0 Å². The number of ether oxygens (including phenoxy) is 1. The maximum atomic E-state index is 13.5. The van der Waals surface area contributed by atoms with Crippen LogP contribution < -0.4 is 5.69 Å². The zero-order chi connectivity index (χ0) is 10.8. The van der Waals surface area contributed by atoms with E-state index < -0.39 is 24.2 Å². The van der Waals surface area contributed by atoms with E-state index in [4.69, 9.17) is 9.84 Å². The van der Waals surface area contributed by atoms with Crippen LogP contribution in [0.5, 0.6) is 0 Å². The third kappa shape index (κ3) is 1.91. The molecular formula is C9H11FN2O3. The lowest BCUT2D eigenvalue weighted by atomic mass is 10.2. The number of aliphatic hydroxyl groups is 1. The maximum absolute atomic E-state index is 13.5. The molecule has 3 unspecified atom stereocenters. The molecule has 3 atom stereocenters. The Morgan fingerprint density at radius 3 is 3.13 bits per heavy atom. The topological polar surface area (TPSA) is 64.4 Å². The molecule has 0 aromatic carbocycles. The molecule has 82 valence electrons. The minimum atomic E-state index is -1.29. The summed E-state index contributed by atoms with van der Waals surface area (Å²) in [4.78, 5) is 14.8. The van der Waals surface area contributed by atoms with Crippen molar-refractivity contribution in [2.45, 2.75) is 24.9 Å². The summed E-state index contributed by atoms with van der Waals surface area (Å²) in [5.74, 6) is 0. The van der Waals surface area contributed by atoms with Crippen LogP contribution in [0.1, 0.15) is 12.6 Å². The molecule has 1 aromatic heterocycles. The molecule has 0 spiro atoms. The summed E-state index contributed by atoms with van der Waals surface area (Å²) in [6.07, 6.45) is 0.0591. The largest absolute Gasteiger partial charge is 0.394 e. The van der Waals surface area contributed by atoms with E-state index in [1.807, 2.05) is 0 Å². The van der Waals surface area contributed by atoms with Crippen molar-refractivity contribution in [3.8, 4) is 0 Å². The maximum Gasteiger partial charge on any atom is 0.349 e. The zero-order valence-electron chi connectivity index (χ0n) is 7.91. The molecule has 1 aliphatic heterocycles. The van der Waals surface area contributed by atoms with Gasteiger partial charge in [0.1, 0.15) is 6.17 Å². The van der Waals surface area contributed by atoms with Crippen LogP contribution in [0.2, 0.25) is 0 Å². The van der Waals surface area contributed by atoms with Crippen molar-refractivity contribution in [2.24, 2.45) is 0 Å². The van der Waals surface area contributed by atoms with E-state index in [1.54, 1.807) is 0 Å². The van der Waals surface area contributed by atoms with Crippen LogP contribution in [-0.4, -0.2) is 33.5 Å². The van der Waals surface area contributed by atoms with Gasteiger partial charge in [0.25, 0.3) is 0 Å². The van der Waals surface area contributed by atoms with Crippen LogP contribution in [0, 0.1) is 0 Å². The Bertz CT molecular complexity index is 395. The highest BCUT2D eigenvalue weighted by atomic mass is 19.1. The summed E-state index contributed by atoms with van der Waals surface area (Å²) in [5.41, 5.74) is -0.552. The summed E-state index contributed by atoms with van der Waals surface area (Å²) in [6, 6.07) is 1.53. The number of hydrogen-bond acceptors (Lipinski definition) is 4. The molecule has 1 aromatic rings. The zero-order valence-corrected chi connectivity index (χ0v) is 7.91. The van der Waals surface area contributed by atoms with Crippen molar-refractivity contribution in [3.63, 3.8) is 0 Å². The second-order valence-electron chi connectivity index (χ2n) is 3.39. The van der Waals surface area contributed by atoms with E-state index in [2.05, 4.69) is 4.98 Å². The Hall–Kier alpha value is -1.27. The van der Waals surface area contributed by atoms with E-state index in [0.717, 1.165) is 4.57 Å². The second-order valence-corrected chi connectivity index (χ2v) is 3.39. The minimum absolute atomic E-state index is 0.0997. The molecular weight excluding hydrogens is 203 g/mol. The number of nitrogens with zero attached hydrogens (tertiary/aromatic N) is 2. The van der Waals surface area contributed by atoms with Crippen LogP contribution in [0.25, 0.3) is 0 Å². The highest BCUT2D eigenvalue weighted by Gasteiger charge is 2.36. The lowest BCUT2D eigenvalue weighted by Gasteiger charge is -2.15. The first-order valence-corrected chi connectivity index (χ1v) is 4.66. The highest BCUT2D eigenvalue weighted by molar-refractivity contribution is 4.88. The minimum Gasteiger partial charge on any atom is -0.394 e. The number of aliphatic hydroxyl groups excluding tert-OH is 1. The normalized spacial score (nSPS) is 30.7. The van der Waals surface area contributed by atoms with Gasteiger partial charge in [-0.25, -0.2) is 14.2 Å². The molecule has 1 N–H and O–H groups in total. The van der Waals surface area contributed by atoms with Crippen molar-refractivity contribution in [3.05, 3.63) is 28.9 Å². The Morgan fingerprint density at radius 2 is 2.53 bits per heavy atom. The first-order valence-electron chi connectivity index (χ1n) is 4.66. The first kappa shape index (κ1) is 10.3. The van der Waals surface area contributed by atoms with Gasteiger partial charge in [0, 0.05) is 18.8 Å². The Morgan fingerprint density at radius 1 is 1.73 bits per heavy atom. The van der Waals surface area contributed by atoms with Crippen molar-refractivity contribution in [2.75, 3.05) is 6.61 Å². The lowest BCUT2D eigenvalue weighted by molar-refractivity contribution is -0.0393. The van der Waals surface area contributed by atoms with Crippen molar-refractivity contribution >= 4 is 0 Å². The molecule has 5 nitrogen and oxygen atoms in total. The van der Waals surface area contributed by atoms with Crippen LogP contribution >= 0.6 is 0 Å². The number of alkyl halides is 1. The number of halogens is 1. The van der Waals surface area contributed by atoms with Crippen LogP contribution in [0.4, 0.5) is 4.39 Å². The average molecular weight is 214 g/mol. The fraction of sp³-hybridized carbons (Fsp3) is 0.556. The monoisotopic (exact) mass is 214 g/mol. The van der Waals surface area contributed by atoms with Gasteiger partial charge in [-0.05, 0) is 6.07 Å². The number of hydrogen-bond donors (Lipinski definition) is 1. The average Bonchev–Trinajstić information content (AvgIpc) is 2.60. The van der Waals surface area contributed by atoms with Gasteiger partial charge >= 0.3 is 5.69 Å². The summed E-state index contributed by atoms with van der Waals surface area (Å²) in [6.45, 7) is -0.244. The van der Waals surface area contributed by atoms with E-state index >= 15 is 0 Å².